The molecule has 154 valence electrons. The van der Waals surface area contributed by atoms with Crippen LogP contribution in [-0.4, -0.2) is 38.4 Å². The molecule has 1 heterocycles. The number of amides is 1. The fourth-order valence-corrected chi connectivity index (χ4v) is 4.75. The number of aryl methyl sites for hydroxylation is 1. The Kier molecular flexibility index (Phi) is 6.66. The lowest BCUT2D eigenvalue weighted by Gasteiger charge is -2.06. The van der Waals surface area contributed by atoms with Crippen LogP contribution in [0.3, 0.4) is 0 Å². The highest BCUT2D eigenvalue weighted by atomic mass is 32.2. The van der Waals surface area contributed by atoms with Crippen LogP contribution in [0.4, 0.5) is 0 Å². The Balaban J connectivity index is 2.01. The molecule has 6 nitrogen and oxygen atoms in total. The van der Waals surface area contributed by atoms with Crippen molar-refractivity contribution in [3.8, 4) is 0 Å². The van der Waals surface area contributed by atoms with Gasteiger partial charge in [0.25, 0.3) is 5.91 Å². The molecule has 0 saturated carbocycles. The first-order chi connectivity index (χ1) is 13.8. The highest BCUT2D eigenvalue weighted by Gasteiger charge is 2.13. The van der Waals surface area contributed by atoms with Gasteiger partial charge in [0.05, 0.1) is 28.1 Å². The highest BCUT2D eigenvalue weighted by molar-refractivity contribution is 7.90. The van der Waals surface area contributed by atoms with E-state index in [2.05, 4.69) is 4.99 Å². The molecule has 0 aliphatic rings. The number of carbonyl (C=O) groups is 1. The number of benzene rings is 2. The largest absolute Gasteiger partial charge is 0.380 e. The zero-order valence-electron chi connectivity index (χ0n) is 16.7. The first-order valence-electron chi connectivity index (χ1n) is 9.32. The summed E-state index contributed by atoms with van der Waals surface area (Å²) in [4.78, 5) is 17.7. The molecule has 2 aromatic carbocycles. The minimum Gasteiger partial charge on any atom is -0.380 e. The summed E-state index contributed by atoms with van der Waals surface area (Å²) in [5.74, 6) is -0.242. The lowest BCUT2D eigenvalue weighted by molar-refractivity contribution is -0.117. The number of carbonyl (C=O) groups excluding carboxylic acids is 1. The molecule has 1 aromatic heterocycles. The van der Waals surface area contributed by atoms with E-state index in [-0.39, 0.29) is 17.2 Å². The molecule has 0 saturated heterocycles. The van der Waals surface area contributed by atoms with Crippen molar-refractivity contribution >= 4 is 37.3 Å². The van der Waals surface area contributed by atoms with Gasteiger partial charge in [0.15, 0.2) is 14.6 Å². The Morgan fingerprint density at radius 1 is 1.17 bits per heavy atom. The Bertz CT molecular complexity index is 1190. The summed E-state index contributed by atoms with van der Waals surface area (Å²) in [5.41, 5.74) is 2.88. The van der Waals surface area contributed by atoms with Crippen molar-refractivity contribution in [2.45, 2.75) is 31.7 Å². The smallest absolute Gasteiger partial charge is 0.252 e. The lowest BCUT2D eigenvalue weighted by atomic mass is 10.1. The topological polar surface area (TPSA) is 77.7 Å². The summed E-state index contributed by atoms with van der Waals surface area (Å²) < 4.78 is 31.9. The van der Waals surface area contributed by atoms with E-state index in [1.807, 2.05) is 42.7 Å². The second kappa shape index (κ2) is 9.02. The van der Waals surface area contributed by atoms with Crippen molar-refractivity contribution in [2.75, 3.05) is 19.5 Å². The van der Waals surface area contributed by atoms with E-state index in [1.165, 1.54) is 17.6 Å². The van der Waals surface area contributed by atoms with Crippen molar-refractivity contribution in [3.63, 3.8) is 0 Å². The average molecular weight is 433 g/mol. The van der Waals surface area contributed by atoms with E-state index in [0.717, 1.165) is 21.3 Å². The molecule has 1 amide bonds. The number of fused-ring (bicyclic) bond motifs is 1. The Morgan fingerprint density at radius 2 is 1.90 bits per heavy atom. The number of aromatic nitrogens is 1. The molecule has 0 atom stereocenters. The van der Waals surface area contributed by atoms with Crippen LogP contribution in [0.25, 0.3) is 10.2 Å². The van der Waals surface area contributed by atoms with Crippen LogP contribution in [0.5, 0.6) is 0 Å². The highest BCUT2D eigenvalue weighted by Crippen LogP contribution is 2.22. The lowest BCUT2D eigenvalue weighted by Crippen LogP contribution is -2.20. The SMILES string of the molecule is CCOCCn1c(=NC(=O)Cc2ccc(C)cc2)sc2cc(S(C)(=O)=O)ccc21. The molecule has 0 spiro atoms. The molecule has 0 bridgehead atoms. The Morgan fingerprint density at radius 3 is 2.55 bits per heavy atom. The minimum absolute atomic E-state index is 0.217. The van der Waals surface area contributed by atoms with Gasteiger partial charge in [0, 0.05) is 19.4 Å². The zero-order valence-corrected chi connectivity index (χ0v) is 18.3. The van der Waals surface area contributed by atoms with Gasteiger partial charge in [-0.3, -0.25) is 4.79 Å². The van der Waals surface area contributed by atoms with Gasteiger partial charge in [-0.15, -0.1) is 0 Å². The van der Waals surface area contributed by atoms with E-state index in [0.29, 0.717) is 24.6 Å². The standard InChI is InChI=1S/C21H24N2O4S2/c1-4-27-12-11-23-18-10-9-17(29(3,25)26)14-19(18)28-21(23)22-20(24)13-16-7-5-15(2)6-8-16/h5-10,14H,4,11-13H2,1-3H3. The number of sulfone groups is 1. The van der Waals surface area contributed by atoms with Crippen LogP contribution in [0.1, 0.15) is 18.1 Å². The molecular formula is C21H24N2O4S2. The van der Waals surface area contributed by atoms with Gasteiger partial charge >= 0.3 is 0 Å². The molecule has 0 fully saturated rings. The van der Waals surface area contributed by atoms with Crippen LogP contribution in [0.2, 0.25) is 0 Å². The fraction of sp³-hybridized carbons (Fsp3) is 0.333. The average Bonchev–Trinajstić information content (AvgIpc) is 2.99. The second-order valence-electron chi connectivity index (χ2n) is 6.80. The minimum atomic E-state index is -3.31. The Labute approximate surface area is 174 Å². The molecule has 0 radical (unpaired) electrons. The quantitative estimate of drug-likeness (QED) is 0.538. The molecular weight excluding hydrogens is 408 g/mol. The van der Waals surface area contributed by atoms with Crippen molar-refractivity contribution in [1.29, 1.82) is 0 Å². The van der Waals surface area contributed by atoms with E-state index < -0.39 is 9.84 Å². The van der Waals surface area contributed by atoms with E-state index in [9.17, 15) is 13.2 Å². The number of nitrogens with zero attached hydrogens (tertiary/aromatic N) is 2. The predicted molar refractivity (Wildman–Crippen MR) is 115 cm³/mol. The van der Waals surface area contributed by atoms with Gasteiger partial charge < -0.3 is 9.30 Å². The molecule has 3 rings (SSSR count). The summed E-state index contributed by atoms with van der Waals surface area (Å²) in [5, 5.41) is 0. The third-order valence-electron chi connectivity index (χ3n) is 4.44. The van der Waals surface area contributed by atoms with Crippen molar-refractivity contribution in [2.24, 2.45) is 4.99 Å². The third-order valence-corrected chi connectivity index (χ3v) is 6.59. The number of ether oxygens (including phenoxy) is 1. The molecule has 3 aromatic rings. The second-order valence-corrected chi connectivity index (χ2v) is 9.83. The maximum atomic E-state index is 12.6. The maximum Gasteiger partial charge on any atom is 0.252 e. The number of rotatable bonds is 7. The van der Waals surface area contributed by atoms with Crippen molar-refractivity contribution in [1.82, 2.24) is 4.57 Å². The van der Waals surface area contributed by atoms with Gasteiger partial charge in [0.1, 0.15) is 0 Å². The summed E-state index contributed by atoms with van der Waals surface area (Å²) in [7, 11) is -3.31. The summed E-state index contributed by atoms with van der Waals surface area (Å²) in [6.45, 7) is 5.53. The van der Waals surface area contributed by atoms with E-state index in [1.54, 1.807) is 18.2 Å². The number of thiazole rings is 1. The van der Waals surface area contributed by atoms with Crippen LogP contribution < -0.4 is 4.80 Å². The molecule has 0 aliphatic heterocycles. The fourth-order valence-electron chi connectivity index (χ4n) is 2.91. The van der Waals surface area contributed by atoms with Gasteiger partial charge in [-0.2, -0.15) is 4.99 Å². The normalized spacial score (nSPS) is 12.6. The summed E-state index contributed by atoms with van der Waals surface area (Å²) >= 11 is 1.31. The van der Waals surface area contributed by atoms with Gasteiger partial charge in [-0.05, 0) is 37.6 Å². The van der Waals surface area contributed by atoms with Crippen LogP contribution in [0.15, 0.2) is 52.4 Å². The summed E-state index contributed by atoms with van der Waals surface area (Å²) in [6.07, 6.45) is 1.40. The van der Waals surface area contributed by atoms with Crippen LogP contribution in [0, 0.1) is 6.92 Å². The van der Waals surface area contributed by atoms with Gasteiger partial charge in [0.2, 0.25) is 0 Å². The number of hydrogen-bond donors (Lipinski definition) is 0. The maximum absolute atomic E-state index is 12.6. The van der Waals surface area contributed by atoms with Gasteiger partial charge in [-0.25, -0.2) is 8.42 Å². The Hall–Kier alpha value is -2.29. The van der Waals surface area contributed by atoms with Crippen molar-refractivity contribution in [3.05, 3.63) is 58.4 Å². The third kappa shape index (κ3) is 5.41. The molecule has 0 N–H and O–H groups in total. The molecule has 0 unspecified atom stereocenters. The van der Waals surface area contributed by atoms with Crippen LogP contribution in [-0.2, 0) is 32.3 Å². The monoisotopic (exact) mass is 432 g/mol. The van der Waals surface area contributed by atoms with E-state index in [4.69, 9.17) is 4.74 Å². The summed E-state index contributed by atoms with van der Waals surface area (Å²) in [6, 6.07) is 12.8. The first kappa shape index (κ1) is 21.4. The molecule has 29 heavy (non-hydrogen) atoms. The van der Waals surface area contributed by atoms with Gasteiger partial charge in [-0.1, -0.05) is 41.2 Å². The molecule has 0 aliphatic carbocycles. The number of hydrogen-bond acceptors (Lipinski definition) is 5. The first-order valence-corrected chi connectivity index (χ1v) is 12.0. The van der Waals surface area contributed by atoms with E-state index >= 15 is 0 Å². The molecule has 8 heteroatoms. The van der Waals surface area contributed by atoms with Crippen molar-refractivity contribution < 1.29 is 17.9 Å². The zero-order chi connectivity index (χ0) is 21.0. The van der Waals surface area contributed by atoms with Crippen LogP contribution >= 0.6 is 11.3 Å². The predicted octanol–water partition coefficient (Wildman–Crippen LogP) is 3.12.